The van der Waals surface area contributed by atoms with Crippen LogP contribution in [0.4, 0.5) is 5.69 Å². The van der Waals surface area contributed by atoms with Crippen molar-refractivity contribution in [3.8, 4) is 6.19 Å². The zero-order chi connectivity index (χ0) is 24.8. The summed E-state index contributed by atoms with van der Waals surface area (Å²) in [5.74, 6) is 2.09. The standard InChI is InChI=1S/C27H39N7O/c1-18-5-6-22(16-30-18)33-7-4-8-34(10-9-33)26(2,3)25(31-17-28)32-23-20-11-19-12-21(23)15-27(13-19,14-20)24(29)35/h5-6,16,19-21,23H,4,7-15H2,1-3H3,(H2,29,35)(H,31,32). The molecular weight excluding hydrogens is 438 g/mol. The number of nitrogens with one attached hydrogen (secondary N) is 1. The van der Waals surface area contributed by atoms with E-state index in [4.69, 9.17) is 5.73 Å². The fourth-order valence-corrected chi connectivity index (χ4v) is 7.65. The minimum Gasteiger partial charge on any atom is -0.369 e. The number of pyridine rings is 1. The van der Waals surface area contributed by atoms with E-state index in [-0.39, 0.29) is 17.4 Å². The summed E-state index contributed by atoms with van der Waals surface area (Å²) in [6, 6.07) is 4.47. The first-order chi connectivity index (χ1) is 16.7. The lowest BCUT2D eigenvalue weighted by atomic mass is 9.47. The van der Waals surface area contributed by atoms with Gasteiger partial charge in [0, 0.05) is 43.3 Å². The molecule has 35 heavy (non-hydrogen) atoms. The first-order valence-electron chi connectivity index (χ1n) is 13.2. The molecule has 4 aliphatic carbocycles. The lowest BCUT2D eigenvalue weighted by Gasteiger charge is -2.59. The molecule has 5 aliphatic rings. The van der Waals surface area contributed by atoms with Crippen molar-refractivity contribution >= 4 is 17.4 Å². The Morgan fingerprint density at radius 3 is 2.57 bits per heavy atom. The normalized spacial score (nSPS) is 33.3. The van der Waals surface area contributed by atoms with Crippen LogP contribution >= 0.6 is 0 Å². The monoisotopic (exact) mass is 477 g/mol. The van der Waals surface area contributed by atoms with Crippen LogP contribution in [0.3, 0.4) is 0 Å². The molecule has 2 heterocycles. The number of amides is 1. The van der Waals surface area contributed by atoms with Gasteiger partial charge in [-0.15, -0.1) is 0 Å². The summed E-state index contributed by atoms with van der Waals surface area (Å²) in [6.07, 6.45) is 10.1. The van der Waals surface area contributed by atoms with Gasteiger partial charge in [0.15, 0.2) is 0 Å². The Labute approximate surface area is 209 Å². The van der Waals surface area contributed by atoms with Gasteiger partial charge in [-0.05, 0) is 89.2 Å². The van der Waals surface area contributed by atoms with Gasteiger partial charge >= 0.3 is 0 Å². The number of rotatable bonds is 5. The number of primary amides is 1. The number of nitriles is 1. The minimum absolute atomic E-state index is 0.112. The molecule has 4 saturated carbocycles. The molecule has 1 aliphatic heterocycles. The number of hydrogen-bond acceptors (Lipinski definition) is 6. The summed E-state index contributed by atoms with van der Waals surface area (Å²) in [7, 11) is 0. The van der Waals surface area contributed by atoms with Crippen LogP contribution in [0.2, 0.25) is 0 Å². The van der Waals surface area contributed by atoms with Crippen LogP contribution in [0.15, 0.2) is 23.3 Å². The molecule has 4 bridgehead atoms. The van der Waals surface area contributed by atoms with Gasteiger partial charge in [-0.2, -0.15) is 10.3 Å². The van der Waals surface area contributed by atoms with Gasteiger partial charge in [0.25, 0.3) is 0 Å². The van der Waals surface area contributed by atoms with Crippen molar-refractivity contribution < 1.29 is 4.79 Å². The Hall–Kier alpha value is -2.66. The van der Waals surface area contributed by atoms with E-state index in [2.05, 4.69) is 57.3 Å². The van der Waals surface area contributed by atoms with E-state index in [1.807, 2.05) is 13.1 Å². The molecule has 1 saturated heterocycles. The average molecular weight is 478 g/mol. The fourth-order valence-electron chi connectivity index (χ4n) is 7.65. The molecule has 188 valence electrons. The summed E-state index contributed by atoms with van der Waals surface area (Å²) < 4.78 is 0. The van der Waals surface area contributed by atoms with Gasteiger partial charge in [0.2, 0.25) is 12.1 Å². The van der Waals surface area contributed by atoms with E-state index in [1.165, 1.54) is 0 Å². The molecule has 8 heteroatoms. The summed E-state index contributed by atoms with van der Waals surface area (Å²) in [6.45, 7) is 10.1. The molecule has 0 aromatic carbocycles. The number of anilines is 1. The van der Waals surface area contributed by atoms with Gasteiger partial charge in [0.1, 0.15) is 5.84 Å². The zero-order valence-corrected chi connectivity index (χ0v) is 21.3. The molecular formula is C27H39N7O. The van der Waals surface area contributed by atoms with Crippen LogP contribution in [0.25, 0.3) is 0 Å². The van der Waals surface area contributed by atoms with Gasteiger partial charge < -0.3 is 16.0 Å². The van der Waals surface area contributed by atoms with E-state index in [0.29, 0.717) is 17.8 Å². The number of aliphatic imine (C=N–C) groups is 1. The van der Waals surface area contributed by atoms with Crippen molar-refractivity contribution in [1.82, 2.24) is 15.2 Å². The van der Waals surface area contributed by atoms with E-state index >= 15 is 0 Å². The van der Waals surface area contributed by atoms with Crippen molar-refractivity contribution in [3.63, 3.8) is 0 Å². The molecule has 3 N–H and O–H groups in total. The molecule has 5 fully saturated rings. The molecule has 1 amide bonds. The topological polar surface area (TPSA) is 111 Å². The van der Waals surface area contributed by atoms with E-state index in [1.54, 1.807) is 0 Å². The lowest BCUT2D eigenvalue weighted by Crippen LogP contribution is -2.65. The van der Waals surface area contributed by atoms with E-state index < -0.39 is 5.54 Å². The minimum atomic E-state index is -0.396. The quantitative estimate of drug-likeness (QED) is 0.383. The molecule has 1 aromatic heterocycles. The van der Waals surface area contributed by atoms with E-state index in [0.717, 1.165) is 81.9 Å². The highest BCUT2D eigenvalue weighted by atomic mass is 16.1. The number of nitrogens with two attached hydrogens (primary N) is 1. The fraction of sp³-hybridized carbons (Fsp3) is 0.704. The number of nitrogens with zero attached hydrogens (tertiary/aromatic N) is 5. The van der Waals surface area contributed by atoms with Gasteiger partial charge in [0.05, 0.1) is 17.4 Å². The largest absolute Gasteiger partial charge is 0.369 e. The smallest absolute Gasteiger partial charge is 0.223 e. The van der Waals surface area contributed by atoms with Crippen LogP contribution in [-0.4, -0.2) is 59.4 Å². The van der Waals surface area contributed by atoms with E-state index in [9.17, 15) is 10.1 Å². The van der Waals surface area contributed by atoms with Crippen molar-refractivity contribution in [1.29, 1.82) is 5.26 Å². The highest BCUT2D eigenvalue weighted by Crippen LogP contribution is 2.60. The predicted octanol–water partition coefficient (Wildman–Crippen LogP) is 2.83. The first kappa shape index (κ1) is 24.1. The number of aryl methyl sites for hydroxylation is 1. The van der Waals surface area contributed by atoms with Crippen LogP contribution in [0, 0.1) is 41.5 Å². The highest BCUT2D eigenvalue weighted by Gasteiger charge is 2.58. The maximum atomic E-state index is 12.3. The highest BCUT2D eigenvalue weighted by molar-refractivity contribution is 5.92. The van der Waals surface area contributed by atoms with Crippen LogP contribution in [0.5, 0.6) is 0 Å². The van der Waals surface area contributed by atoms with Crippen LogP contribution in [0.1, 0.15) is 58.1 Å². The molecule has 8 nitrogen and oxygen atoms in total. The first-order valence-corrected chi connectivity index (χ1v) is 13.2. The zero-order valence-electron chi connectivity index (χ0n) is 21.3. The van der Waals surface area contributed by atoms with Crippen LogP contribution in [-0.2, 0) is 4.79 Å². The molecule has 6 rings (SSSR count). The summed E-state index contributed by atoms with van der Waals surface area (Å²) in [5.41, 5.74) is 7.37. The maximum Gasteiger partial charge on any atom is 0.223 e. The molecule has 0 radical (unpaired) electrons. The number of hydrogen-bond donors (Lipinski definition) is 2. The summed E-state index contributed by atoms with van der Waals surface area (Å²) in [4.78, 5) is 26.0. The average Bonchev–Trinajstić information content (AvgIpc) is 3.07. The SMILES string of the molecule is Cc1ccc(N2CCCN(C(C)(C)/C(=N\C#N)NC3C4CC5CC3CC(C(N)=O)(C5)C4)CC2)cn1. The summed E-state index contributed by atoms with van der Waals surface area (Å²) in [5, 5.41) is 13.4. The molecule has 0 spiro atoms. The second-order valence-electron chi connectivity index (χ2n) is 11.9. The van der Waals surface area contributed by atoms with Gasteiger partial charge in [-0.3, -0.25) is 14.7 Å². The Bertz CT molecular complexity index is 1010. The van der Waals surface area contributed by atoms with Gasteiger partial charge in [-0.1, -0.05) is 0 Å². The Balaban J connectivity index is 1.30. The third-order valence-electron chi connectivity index (χ3n) is 9.39. The van der Waals surface area contributed by atoms with Crippen molar-refractivity contribution in [2.24, 2.45) is 33.9 Å². The lowest BCUT2D eigenvalue weighted by molar-refractivity contribution is -0.145. The summed E-state index contributed by atoms with van der Waals surface area (Å²) >= 11 is 0. The maximum absolute atomic E-state index is 12.3. The van der Waals surface area contributed by atoms with Crippen molar-refractivity contribution in [3.05, 3.63) is 24.0 Å². The second-order valence-corrected chi connectivity index (χ2v) is 11.9. The molecule has 2 unspecified atom stereocenters. The molecule has 1 aromatic rings. The Kier molecular flexibility index (Phi) is 6.25. The number of carbonyl (C=O) groups excluding carboxylic acids is 1. The van der Waals surface area contributed by atoms with Crippen molar-refractivity contribution in [2.75, 3.05) is 31.1 Å². The van der Waals surface area contributed by atoms with Gasteiger partial charge in [-0.25, -0.2) is 0 Å². The number of aromatic nitrogens is 1. The number of carbonyl (C=O) groups is 1. The van der Waals surface area contributed by atoms with Crippen molar-refractivity contribution in [2.45, 2.75) is 70.9 Å². The second kappa shape index (κ2) is 9.09. The third-order valence-corrected chi connectivity index (χ3v) is 9.39. The van der Waals surface area contributed by atoms with Crippen LogP contribution < -0.4 is 16.0 Å². The third kappa shape index (κ3) is 4.40. The molecule has 2 atom stereocenters. The number of amidine groups is 1. The predicted molar refractivity (Wildman–Crippen MR) is 137 cm³/mol. The Morgan fingerprint density at radius 2 is 1.94 bits per heavy atom. The Morgan fingerprint density at radius 1 is 1.20 bits per heavy atom.